The lowest BCUT2D eigenvalue weighted by molar-refractivity contribution is -0.117. The molecular weight excluding hydrogens is 356 g/mol. The summed E-state index contributed by atoms with van der Waals surface area (Å²) in [5, 5.41) is 9.07. The highest BCUT2D eigenvalue weighted by Crippen LogP contribution is 2.28. The molecule has 0 fully saturated rings. The number of anilines is 1. The van der Waals surface area contributed by atoms with Crippen LogP contribution in [0.5, 0.6) is 0 Å². The summed E-state index contributed by atoms with van der Waals surface area (Å²) in [7, 11) is 1.79. The van der Waals surface area contributed by atoms with Crippen molar-refractivity contribution < 1.29 is 4.79 Å². The van der Waals surface area contributed by atoms with Crippen molar-refractivity contribution in [1.82, 2.24) is 14.8 Å². The molecule has 0 saturated carbocycles. The van der Waals surface area contributed by atoms with E-state index in [2.05, 4.69) is 16.8 Å². The highest BCUT2D eigenvalue weighted by Gasteiger charge is 2.23. The summed E-state index contributed by atoms with van der Waals surface area (Å²) < 4.78 is 1.99. The Morgan fingerprint density at radius 2 is 1.78 bits per heavy atom. The van der Waals surface area contributed by atoms with Crippen molar-refractivity contribution in [3.8, 4) is 11.4 Å². The van der Waals surface area contributed by atoms with Crippen molar-refractivity contribution in [1.29, 1.82) is 0 Å². The summed E-state index contributed by atoms with van der Waals surface area (Å²) in [4.78, 5) is 14.5. The summed E-state index contributed by atoms with van der Waals surface area (Å²) in [6.45, 7) is 6.30. The van der Waals surface area contributed by atoms with Gasteiger partial charge in [0.15, 0.2) is 11.0 Å². The van der Waals surface area contributed by atoms with Gasteiger partial charge < -0.3 is 4.90 Å². The van der Waals surface area contributed by atoms with Crippen LogP contribution in [0.4, 0.5) is 5.69 Å². The topological polar surface area (TPSA) is 51.0 Å². The van der Waals surface area contributed by atoms with Gasteiger partial charge in [0.1, 0.15) is 0 Å². The average molecular weight is 379 g/mol. The summed E-state index contributed by atoms with van der Waals surface area (Å²) >= 11 is 1.41. The van der Waals surface area contributed by atoms with Crippen LogP contribution in [0.1, 0.15) is 6.92 Å². The smallest absolute Gasteiger partial charge is 0.240 e. The minimum atomic E-state index is -0.299. The number of hydrogen-bond donors (Lipinski definition) is 0. The second kappa shape index (κ2) is 8.68. The minimum Gasteiger partial charge on any atom is -0.315 e. The molecule has 2 aromatic carbocycles. The molecule has 1 aromatic heterocycles. The third-order valence-electron chi connectivity index (χ3n) is 4.16. The van der Waals surface area contributed by atoms with Crippen molar-refractivity contribution in [2.75, 3.05) is 11.9 Å². The maximum atomic E-state index is 12.8. The van der Waals surface area contributed by atoms with Gasteiger partial charge in [-0.25, -0.2) is 0 Å². The molecular formula is C21H22N4OS. The molecule has 0 saturated heterocycles. The Morgan fingerprint density at radius 3 is 2.41 bits per heavy atom. The van der Waals surface area contributed by atoms with Crippen LogP contribution < -0.4 is 4.90 Å². The fourth-order valence-electron chi connectivity index (χ4n) is 2.73. The second-order valence-corrected chi connectivity index (χ2v) is 7.37. The van der Waals surface area contributed by atoms with E-state index in [-0.39, 0.29) is 11.2 Å². The quantitative estimate of drug-likeness (QED) is 0.455. The van der Waals surface area contributed by atoms with Crippen LogP contribution in [-0.4, -0.2) is 33.0 Å². The molecule has 27 heavy (non-hydrogen) atoms. The number of allylic oxidation sites excluding steroid dienone is 1. The molecule has 0 aliphatic rings. The molecule has 1 heterocycles. The van der Waals surface area contributed by atoms with Gasteiger partial charge in [0.2, 0.25) is 5.91 Å². The Labute approximate surface area is 163 Å². The summed E-state index contributed by atoms with van der Waals surface area (Å²) in [5.74, 6) is 0.787. The van der Waals surface area contributed by atoms with Gasteiger partial charge in [0.25, 0.3) is 0 Å². The van der Waals surface area contributed by atoms with E-state index < -0.39 is 0 Å². The maximum Gasteiger partial charge on any atom is 0.240 e. The average Bonchev–Trinajstić information content (AvgIpc) is 3.10. The SMILES string of the molecule is C=CCn1c(S[C@H](C)C(=O)N(C)c2ccccc2)nnc1-c1ccccc1. The van der Waals surface area contributed by atoms with Gasteiger partial charge in [-0.3, -0.25) is 9.36 Å². The van der Waals surface area contributed by atoms with Crippen molar-refractivity contribution >= 4 is 23.4 Å². The van der Waals surface area contributed by atoms with Crippen LogP contribution in [0.2, 0.25) is 0 Å². The minimum absolute atomic E-state index is 0.0145. The molecule has 6 heteroatoms. The molecule has 0 radical (unpaired) electrons. The maximum absolute atomic E-state index is 12.8. The van der Waals surface area contributed by atoms with E-state index in [4.69, 9.17) is 0 Å². The number of carbonyl (C=O) groups excluding carboxylic acids is 1. The fourth-order valence-corrected chi connectivity index (χ4v) is 3.68. The molecule has 1 atom stereocenters. The summed E-state index contributed by atoms with van der Waals surface area (Å²) in [6.07, 6.45) is 1.81. The lowest BCUT2D eigenvalue weighted by atomic mass is 10.2. The Morgan fingerprint density at radius 1 is 1.15 bits per heavy atom. The number of thioether (sulfide) groups is 1. The van der Waals surface area contributed by atoms with Gasteiger partial charge in [-0.2, -0.15) is 0 Å². The molecule has 5 nitrogen and oxygen atoms in total. The number of hydrogen-bond acceptors (Lipinski definition) is 4. The molecule has 0 aliphatic carbocycles. The monoisotopic (exact) mass is 378 g/mol. The van der Waals surface area contributed by atoms with Crippen LogP contribution in [0.25, 0.3) is 11.4 Å². The van der Waals surface area contributed by atoms with Crippen molar-refractivity contribution in [2.24, 2.45) is 0 Å². The van der Waals surface area contributed by atoms with Crippen LogP contribution in [-0.2, 0) is 11.3 Å². The molecule has 0 N–H and O–H groups in total. The molecule has 3 aromatic rings. The van der Waals surface area contributed by atoms with Gasteiger partial charge in [-0.15, -0.1) is 16.8 Å². The van der Waals surface area contributed by atoms with Gasteiger partial charge in [-0.1, -0.05) is 66.4 Å². The van der Waals surface area contributed by atoms with Gasteiger partial charge in [0.05, 0.1) is 5.25 Å². The van der Waals surface area contributed by atoms with Gasteiger partial charge in [-0.05, 0) is 19.1 Å². The lowest BCUT2D eigenvalue weighted by Gasteiger charge is -2.21. The first-order chi connectivity index (χ1) is 13.1. The van der Waals surface area contributed by atoms with E-state index in [1.165, 1.54) is 11.8 Å². The number of nitrogens with zero attached hydrogens (tertiary/aromatic N) is 4. The van der Waals surface area contributed by atoms with E-state index >= 15 is 0 Å². The molecule has 0 unspecified atom stereocenters. The number of carbonyl (C=O) groups is 1. The Hall–Kier alpha value is -2.86. The largest absolute Gasteiger partial charge is 0.315 e. The number of benzene rings is 2. The Kier molecular flexibility index (Phi) is 6.08. The van der Waals surface area contributed by atoms with E-state index in [0.29, 0.717) is 11.7 Å². The molecule has 0 bridgehead atoms. The Bertz CT molecular complexity index is 908. The molecule has 0 spiro atoms. The molecule has 0 aliphatic heterocycles. The third-order valence-corrected chi connectivity index (χ3v) is 5.23. The summed E-state index contributed by atoms with van der Waals surface area (Å²) in [5.41, 5.74) is 1.85. The van der Waals surface area contributed by atoms with Crippen LogP contribution in [0.3, 0.4) is 0 Å². The first-order valence-corrected chi connectivity index (χ1v) is 9.58. The normalized spacial score (nSPS) is 11.8. The number of rotatable bonds is 7. The number of amides is 1. The van der Waals surface area contributed by atoms with Crippen molar-refractivity contribution in [3.63, 3.8) is 0 Å². The highest BCUT2D eigenvalue weighted by atomic mass is 32.2. The zero-order chi connectivity index (χ0) is 19.2. The van der Waals surface area contributed by atoms with E-state index in [0.717, 1.165) is 17.1 Å². The van der Waals surface area contributed by atoms with E-state index in [9.17, 15) is 4.79 Å². The van der Waals surface area contributed by atoms with Gasteiger partial charge >= 0.3 is 0 Å². The van der Waals surface area contributed by atoms with Crippen LogP contribution in [0.15, 0.2) is 78.5 Å². The second-order valence-electron chi connectivity index (χ2n) is 6.06. The first-order valence-electron chi connectivity index (χ1n) is 8.70. The molecule has 3 rings (SSSR count). The number of aromatic nitrogens is 3. The van der Waals surface area contributed by atoms with E-state index in [1.807, 2.05) is 78.2 Å². The fraction of sp³-hybridized carbons (Fsp3) is 0.190. The zero-order valence-electron chi connectivity index (χ0n) is 15.4. The van der Waals surface area contributed by atoms with Crippen LogP contribution in [0, 0.1) is 0 Å². The first kappa shape index (κ1) is 18.9. The number of para-hydroxylation sites is 1. The highest BCUT2D eigenvalue weighted by molar-refractivity contribution is 8.00. The predicted octanol–water partition coefficient (Wildman–Crippen LogP) is 4.27. The van der Waals surface area contributed by atoms with Crippen LogP contribution >= 0.6 is 11.8 Å². The van der Waals surface area contributed by atoms with Crippen molar-refractivity contribution in [2.45, 2.75) is 23.9 Å². The zero-order valence-corrected chi connectivity index (χ0v) is 16.3. The Balaban J connectivity index is 1.81. The standard InChI is InChI=1S/C21H22N4OS/c1-4-15-25-19(17-11-7-5-8-12-17)22-23-21(25)27-16(2)20(26)24(3)18-13-9-6-10-14-18/h4-14,16H,1,15H2,2-3H3/t16-/m1/s1. The molecule has 138 valence electrons. The third kappa shape index (κ3) is 4.28. The van der Waals surface area contributed by atoms with E-state index in [1.54, 1.807) is 11.9 Å². The predicted molar refractivity (Wildman–Crippen MR) is 111 cm³/mol. The van der Waals surface area contributed by atoms with Crippen molar-refractivity contribution in [3.05, 3.63) is 73.3 Å². The summed E-state index contributed by atoms with van der Waals surface area (Å²) in [6, 6.07) is 19.5. The van der Waals surface area contributed by atoms with Gasteiger partial charge in [0, 0.05) is 24.8 Å². The lowest BCUT2D eigenvalue weighted by Crippen LogP contribution is -2.33. The molecule has 1 amide bonds.